The Morgan fingerprint density at radius 3 is 2.94 bits per heavy atom. The average Bonchev–Trinajstić information content (AvgIpc) is 2.25. The highest BCUT2D eigenvalue weighted by atomic mass is 127. The predicted molar refractivity (Wildman–Crippen MR) is 75.2 cm³/mol. The van der Waals surface area contributed by atoms with Crippen molar-refractivity contribution in [2.75, 3.05) is 25.1 Å². The molecular weight excluding hydrogens is 340 g/mol. The van der Waals surface area contributed by atoms with Crippen LogP contribution in [-0.2, 0) is 4.74 Å². The Morgan fingerprint density at radius 1 is 1.56 bits per heavy atom. The van der Waals surface area contributed by atoms with Gasteiger partial charge in [-0.25, -0.2) is 0 Å². The average molecular weight is 356 g/mol. The maximum absolute atomic E-state index is 9.56. The number of nitrogens with one attached hydrogen (secondary N) is 1. The van der Waals surface area contributed by atoms with E-state index in [4.69, 9.17) is 16.3 Å². The molecule has 0 spiro atoms. The number of benzene rings is 1. The van der Waals surface area contributed by atoms with Gasteiger partial charge < -0.3 is 15.2 Å². The lowest BCUT2D eigenvalue weighted by molar-refractivity contribution is 0.0496. The van der Waals surface area contributed by atoms with Crippen LogP contribution in [-0.4, -0.2) is 31.0 Å². The van der Waals surface area contributed by atoms with Crippen LogP contribution in [0, 0.1) is 3.57 Å². The van der Waals surface area contributed by atoms with Gasteiger partial charge in [0.05, 0.1) is 23.4 Å². The predicted octanol–water partition coefficient (Wildman–Crippen LogP) is 2.75. The standard InChI is InChI=1S/C11H15ClINO2/c1-2-16-7-9(15)6-14-11-4-3-8(13)5-10(11)12/h3-5,9,14-15H,2,6-7H2,1H3. The molecular formula is C11H15ClINO2. The van der Waals surface area contributed by atoms with E-state index in [1.165, 1.54) is 0 Å². The molecule has 90 valence electrons. The number of ether oxygens (including phenoxy) is 1. The summed E-state index contributed by atoms with van der Waals surface area (Å²) >= 11 is 8.24. The molecule has 1 rings (SSSR count). The van der Waals surface area contributed by atoms with E-state index in [2.05, 4.69) is 27.9 Å². The van der Waals surface area contributed by atoms with Gasteiger partial charge in [-0.2, -0.15) is 0 Å². The molecule has 0 aliphatic rings. The van der Waals surface area contributed by atoms with Crippen LogP contribution in [0.5, 0.6) is 0 Å². The molecule has 0 saturated carbocycles. The minimum Gasteiger partial charge on any atom is -0.389 e. The van der Waals surface area contributed by atoms with Crippen LogP contribution in [0.25, 0.3) is 0 Å². The van der Waals surface area contributed by atoms with E-state index < -0.39 is 6.10 Å². The summed E-state index contributed by atoms with van der Waals surface area (Å²) in [5.41, 5.74) is 0.831. The molecule has 0 aliphatic carbocycles. The first-order chi connectivity index (χ1) is 7.63. The Labute approximate surface area is 114 Å². The summed E-state index contributed by atoms with van der Waals surface area (Å²) in [5.74, 6) is 0. The third-order valence-corrected chi connectivity index (χ3v) is 2.96. The van der Waals surface area contributed by atoms with E-state index in [9.17, 15) is 5.11 Å². The Bertz CT molecular complexity index is 336. The van der Waals surface area contributed by atoms with Crippen molar-refractivity contribution in [1.82, 2.24) is 0 Å². The van der Waals surface area contributed by atoms with Gasteiger partial charge >= 0.3 is 0 Å². The molecule has 2 N–H and O–H groups in total. The minimum atomic E-state index is -0.518. The quantitative estimate of drug-likeness (QED) is 0.771. The molecule has 0 bridgehead atoms. The third-order valence-electron chi connectivity index (χ3n) is 1.97. The minimum absolute atomic E-state index is 0.339. The van der Waals surface area contributed by atoms with E-state index in [1.807, 2.05) is 25.1 Å². The molecule has 16 heavy (non-hydrogen) atoms. The van der Waals surface area contributed by atoms with Gasteiger partial charge in [0.2, 0.25) is 0 Å². The molecule has 1 atom stereocenters. The lowest BCUT2D eigenvalue weighted by Gasteiger charge is -2.13. The number of anilines is 1. The number of hydrogen-bond acceptors (Lipinski definition) is 3. The fourth-order valence-corrected chi connectivity index (χ4v) is 2.10. The molecule has 0 fully saturated rings. The number of hydrogen-bond donors (Lipinski definition) is 2. The van der Waals surface area contributed by atoms with Crippen LogP contribution in [0.1, 0.15) is 6.92 Å². The van der Waals surface area contributed by atoms with E-state index in [1.54, 1.807) is 0 Å². The Morgan fingerprint density at radius 2 is 2.31 bits per heavy atom. The second-order valence-electron chi connectivity index (χ2n) is 3.32. The second-order valence-corrected chi connectivity index (χ2v) is 4.97. The van der Waals surface area contributed by atoms with Crippen molar-refractivity contribution in [2.24, 2.45) is 0 Å². The van der Waals surface area contributed by atoms with Gasteiger partial charge in [-0.15, -0.1) is 0 Å². The van der Waals surface area contributed by atoms with Crippen LogP contribution in [0.4, 0.5) is 5.69 Å². The summed E-state index contributed by atoms with van der Waals surface area (Å²) in [4.78, 5) is 0. The first kappa shape index (κ1) is 14.0. The monoisotopic (exact) mass is 355 g/mol. The van der Waals surface area contributed by atoms with Crippen LogP contribution >= 0.6 is 34.2 Å². The normalized spacial score (nSPS) is 12.5. The first-order valence-electron chi connectivity index (χ1n) is 5.08. The van der Waals surface area contributed by atoms with E-state index >= 15 is 0 Å². The van der Waals surface area contributed by atoms with Gasteiger partial charge in [0, 0.05) is 16.7 Å². The van der Waals surface area contributed by atoms with E-state index in [0.29, 0.717) is 24.8 Å². The number of aliphatic hydroxyl groups excluding tert-OH is 1. The number of aliphatic hydroxyl groups is 1. The molecule has 0 aliphatic heterocycles. The molecule has 0 radical (unpaired) electrons. The van der Waals surface area contributed by atoms with Crippen LogP contribution in [0.2, 0.25) is 5.02 Å². The zero-order valence-corrected chi connectivity index (χ0v) is 12.0. The van der Waals surface area contributed by atoms with E-state index in [-0.39, 0.29) is 0 Å². The number of halogens is 2. The maximum Gasteiger partial charge on any atom is 0.0945 e. The Balaban J connectivity index is 2.42. The van der Waals surface area contributed by atoms with Crippen molar-refractivity contribution in [2.45, 2.75) is 13.0 Å². The Hall–Kier alpha value is -0.0400. The van der Waals surface area contributed by atoms with Crippen molar-refractivity contribution in [3.8, 4) is 0 Å². The van der Waals surface area contributed by atoms with Crippen molar-refractivity contribution in [3.63, 3.8) is 0 Å². The summed E-state index contributed by atoms with van der Waals surface area (Å²) in [6.07, 6.45) is -0.518. The van der Waals surface area contributed by atoms with Gasteiger partial charge in [0.1, 0.15) is 0 Å². The van der Waals surface area contributed by atoms with Crippen LogP contribution < -0.4 is 5.32 Å². The highest BCUT2D eigenvalue weighted by Gasteiger charge is 2.05. The zero-order chi connectivity index (χ0) is 12.0. The van der Waals surface area contributed by atoms with Crippen molar-refractivity contribution < 1.29 is 9.84 Å². The van der Waals surface area contributed by atoms with Crippen molar-refractivity contribution in [1.29, 1.82) is 0 Å². The highest BCUT2D eigenvalue weighted by Crippen LogP contribution is 2.23. The molecule has 0 aromatic heterocycles. The van der Waals surface area contributed by atoms with Crippen LogP contribution in [0.15, 0.2) is 18.2 Å². The van der Waals surface area contributed by atoms with Gasteiger partial charge in [-0.05, 0) is 47.7 Å². The van der Waals surface area contributed by atoms with Gasteiger partial charge in [0.15, 0.2) is 0 Å². The summed E-state index contributed by atoms with van der Waals surface area (Å²) in [6, 6.07) is 5.74. The van der Waals surface area contributed by atoms with Gasteiger partial charge in [-0.1, -0.05) is 11.6 Å². The molecule has 3 nitrogen and oxygen atoms in total. The zero-order valence-electron chi connectivity index (χ0n) is 9.04. The lowest BCUT2D eigenvalue weighted by Crippen LogP contribution is -2.24. The van der Waals surface area contributed by atoms with Gasteiger partial charge in [-0.3, -0.25) is 0 Å². The smallest absolute Gasteiger partial charge is 0.0945 e. The fourth-order valence-electron chi connectivity index (χ4n) is 1.17. The summed E-state index contributed by atoms with van der Waals surface area (Å²) in [6.45, 7) is 3.28. The SMILES string of the molecule is CCOCC(O)CNc1ccc(I)cc1Cl. The van der Waals surface area contributed by atoms with Crippen LogP contribution in [0.3, 0.4) is 0 Å². The summed E-state index contributed by atoms with van der Waals surface area (Å²) in [7, 11) is 0. The lowest BCUT2D eigenvalue weighted by atomic mass is 10.3. The Kier molecular flexibility index (Phi) is 6.41. The fraction of sp³-hybridized carbons (Fsp3) is 0.455. The molecule has 5 heteroatoms. The van der Waals surface area contributed by atoms with E-state index in [0.717, 1.165) is 9.26 Å². The second kappa shape index (κ2) is 7.32. The third kappa shape index (κ3) is 4.86. The highest BCUT2D eigenvalue weighted by molar-refractivity contribution is 14.1. The molecule has 1 aromatic carbocycles. The van der Waals surface area contributed by atoms with Crippen molar-refractivity contribution in [3.05, 3.63) is 26.8 Å². The maximum atomic E-state index is 9.56. The summed E-state index contributed by atoms with van der Waals surface area (Å²) in [5, 5.41) is 13.3. The van der Waals surface area contributed by atoms with Gasteiger partial charge in [0.25, 0.3) is 0 Å². The molecule has 0 saturated heterocycles. The number of rotatable bonds is 6. The molecule has 0 amide bonds. The van der Waals surface area contributed by atoms with Crippen molar-refractivity contribution >= 4 is 39.9 Å². The first-order valence-corrected chi connectivity index (χ1v) is 6.54. The molecule has 1 unspecified atom stereocenters. The largest absolute Gasteiger partial charge is 0.389 e. The molecule has 1 aromatic rings. The summed E-state index contributed by atoms with van der Waals surface area (Å²) < 4.78 is 6.19. The molecule has 0 heterocycles. The topological polar surface area (TPSA) is 41.5 Å².